The minimum absolute atomic E-state index is 0.101. The molecule has 0 saturated heterocycles. The second-order valence-corrected chi connectivity index (χ2v) is 5.78. The maximum Gasteiger partial charge on any atom is 0.108 e. The molecule has 1 heterocycles. The molecule has 0 spiro atoms. The van der Waals surface area contributed by atoms with Crippen LogP contribution >= 0.6 is 0 Å². The van der Waals surface area contributed by atoms with Crippen LogP contribution in [-0.4, -0.2) is 14.7 Å². The van der Waals surface area contributed by atoms with Crippen molar-refractivity contribution in [3.05, 3.63) is 53.6 Å². The predicted octanol–water partition coefficient (Wildman–Crippen LogP) is 3.62. The zero-order valence-corrected chi connectivity index (χ0v) is 12.2. The van der Waals surface area contributed by atoms with Crippen LogP contribution in [0, 0.1) is 0 Å². The zero-order chi connectivity index (χ0) is 14.1. The molecule has 0 saturated carbocycles. The fraction of sp³-hybridized carbons (Fsp3) is 0.471. The molecule has 20 heavy (non-hydrogen) atoms. The molecule has 1 aliphatic carbocycles. The number of hydrogen-bond donors (Lipinski definition) is 1. The summed E-state index contributed by atoms with van der Waals surface area (Å²) >= 11 is 0. The highest BCUT2D eigenvalue weighted by Crippen LogP contribution is 2.43. The Labute approximate surface area is 120 Å². The van der Waals surface area contributed by atoms with Gasteiger partial charge in [0.05, 0.1) is 12.1 Å². The summed E-state index contributed by atoms with van der Waals surface area (Å²) in [4.78, 5) is 4.45. The third-order valence-corrected chi connectivity index (χ3v) is 4.38. The molecule has 1 aliphatic rings. The number of aromatic nitrogens is 2. The summed E-state index contributed by atoms with van der Waals surface area (Å²) < 4.78 is 2.18. The minimum atomic E-state index is -0.438. The standard InChI is InChI=1S/C17H22N2O/c1-3-6-16-18-9-10-19(16)15-11-12(2)13-7-4-5-8-14(13)17(15)20/h4-5,7-10,12,15,17,20H,3,6,11H2,1-2H3. The molecule has 2 aromatic rings. The highest BCUT2D eigenvalue weighted by Gasteiger charge is 2.33. The van der Waals surface area contributed by atoms with Crippen LogP contribution in [0.25, 0.3) is 0 Å². The molecular weight excluding hydrogens is 248 g/mol. The average molecular weight is 270 g/mol. The molecule has 0 radical (unpaired) electrons. The molecule has 0 fully saturated rings. The van der Waals surface area contributed by atoms with Crippen LogP contribution in [0.3, 0.4) is 0 Å². The maximum absolute atomic E-state index is 10.8. The van der Waals surface area contributed by atoms with Crippen LogP contribution in [0.4, 0.5) is 0 Å². The van der Waals surface area contributed by atoms with Gasteiger partial charge in [-0.1, -0.05) is 38.1 Å². The zero-order valence-electron chi connectivity index (χ0n) is 12.2. The molecule has 3 atom stereocenters. The van der Waals surface area contributed by atoms with Gasteiger partial charge in [-0.3, -0.25) is 0 Å². The van der Waals surface area contributed by atoms with Crippen LogP contribution in [-0.2, 0) is 6.42 Å². The highest BCUT2D eigenvalue weighted by atomic mass is 16.3. The Morgan fingerprint density at radius 1 is 1.30 bits per heavy atom. The van der Waals surface area contributed by atoms with Gasteiger partial charge in [-0.2, -0.15) is 0 Å². The van der Waals surface area contributed by atoms with E-state index in [1.165, 1.54) is 5.56 Å². The summed E-state index contributed by atoms with van der Waals surface area (Å²) in [6.45, 7) is 4.41. The Morgan fingerprint density at radius 2 is 2.05 bits per heavy atom. The van der Waals surface area contributed by atoms with Crippen LogP contribution in [0.2, 0.25) is 0 Å². The summed E-state index contributed by atoms with van der Waals surface area (Å²) in [7, 11) is 0. The molecule has 1 N–H and O–H groups in total. The van der Waals surface area contributed by atoms with E-state index in [4.69, 9.17) is 0 Å². The van der Waals surface area contributed by atoms with Crippen molar-refractivity contribution < 1.29 is 5.11 Å². The second kappa shape index (κ2) is 5.41. The summed E-state index contributed by atoms with van der Waals surface area (Å²) in [6, 6.07) is 8.36. The van der Waals surface area contributed by atoms with E-state index in [0.29, 0.717) is 5.92 Å². The third-order valence-electron chi connectivity index (χ3n) is 4.38. The van der Waals surface area contributed by atoms with E-state index in [2.05, 4.69) is 41.6 Å². The molecule has 0 amide bonds. The van der Waals surface area contributed by atoms with Gasteiger partial charge in [-0.05, 0) is 29.9 Å². The molecule has 3 unspecified atom stereocenters. The largest absolute Gasteiger partial charge is 0.386 e. The number of benzene rings is 1. The molecule has 106 valence electrons. The number of imidazole rings is 1. The van der Waals surface area contributed by atoms with E-state index < -0.39 is 6.10 Å². The summed E-state index contributed by atoms with van der Waals surface area (Å²) in [5.74, 6) is 1.56. The number of aryl methyl sites for hydroxylation is 1. The van der Waals surface area contributed by atoms with Crippen molar-refractivity contribution in [2.24, 2.45) is 0 Å². The Bertz CT molecular complexity index is 590. The van der Waals surface area contributed by atoms with Crippen LogP contribution < -0.4 is 0 Å². The smallest absolute Gasteiger partial charge is 0.108 e. The van der Waals surface area contributed by atoms with Crippen LogP contribution in [0.1, 0.15) is 61.7 Å². The Kier molecular flexibility index (Phi) is 3.62. The molecule has 0 bridgehead atoms. The van der Waals surface area contributed by atoms with Gasteiger partial charge < -0.3 is 9.67 Å². The van der Waals surface area contributed by atoms with E-state index >= 15 is 0 Å². The molecule has 3 heteroatoms. The molecule has 3 rings (SSSR count). The maximum atomic E-state index is 10.8. The van der Waals surface area contributed by atoms with Gasteiger partial charge in [0.2, 0.25) is 0 Å². The number of hydrogen-bond acceptors (Lipinski definition) is 2. The highest BCUT2D eigenvalue weighted by molar-refractivity contribution is 5.35. The number of aliphatic hydroxyl groups excluding tert-OH is 1. The lowest BCUT2D eigenvalue weighted by Crippen LogP contribution is -2.26. The Hall–Kier alpha value is -1.61. The lowest BCUT2D eigenvalue weighted by molar-refractivity contribution is 0.0915. The first-order valence-electron chi connectivity index (χ1n) is 7.51. The molecule has 3 nitrogen and oxygen atoms in total. The van der Waals surface area contributed by atoms with Gasteiger partial charge in [-0.15, -0.1) is 0 Å². The second-order valence-electron chi connectivity index (χ2n) is 5.78. The number of fused-ring (bicyclic) bond motifs is 1. The first-order valence-corrected chi connectivity index (χ1v) is 7.51. The lowest BCUT2D eigenvalue weighted by atomic mass is 9.79. The molecule has 1 aromatic heterocycles. The summed E-state index contributed by atoms with van der Waals surface area (Å²) in [5.41, 5.74) is 2.36. The van der Waals surface area contributed by atoms with Crippen LogP contribution in [0.15, 0.2) is 36.7 Å². The average Bonchev–Trinajstić information content (AvgIpc) is 2.91. The van der Waals surface area contributed by atoms with Gasteiger partial charge in [0.15, 0.2) is 0 Å². The van der Waals surface area contributed by atoms with Gasteiger partial charge >= 0.3 is 0 Å². The third kappa shape index (κ3) is 2.16. The Balaban J connectivity index is 1.98. The lowest BCUT2D eigenvalue weighted by Gasteiger charge is -2.35. The number of nitrogens with zero attached hydrogens (tertiary/aromatic N) is 2. The van der Waals surface area contributed by atoms with Crippen molar-refractivity contribution in [2.75, 3.05) is 0 Å². The number of rotatable bonds is 3. The van der Waals surface area contributed by atoms with Crippen molar-refractivity contribution in [2.45, 2.75) is 51.2 Å². The van der Waals surface area contributed by atoms with Gasteiger partial charge in [0.1, 0.15) is 5.82 Å². The summed E-state index contributed by atoms with van der Waals surface area (Å²) in [5, 5.41) is 10.8. The molecule has 1 aromatic carbocycles. The molecular formula is C17H22N2O. The topological polar surface area (TPSA) is 38.0 Å². The van der Waals surface area contributed by atoms with Crippen molar-refractivity contribution in [3.8, 4) is 0 Å². The van der Waals surface area contributed by atoms with Crippen molar-refractivity contribution in [3.63, 3.8) is 0 Å². The fourth-order valence-corrected chi connectivity index (χ4v) is 3.38. The van der Waals surface area contributed by atoms with Gasteiger partial charge in [0.25, 0.3) is 0 Å². The monoisotopic (exact) mass is 270 g/mol. The normalized spacial score (nSPS) is 25.4. The Morgan fingerprint density at radius 3 is 2.80 bits per heavy atom. The van der Waals surface area contributed by atoms with E-state index in [1.54, 1.807) is 0 Å². The van der Waals surface area contributed by atoms with Gasteiger partial charge in [-0.25, -0.2) is 4.98 Å². The number of aliphatic hydroxyl groups is 1. The first kappa shape index (κ1) is 13.4. The SMILES string of the molecule is CCCc1nccn1C1CC(C)c2ccccc2C1O. The summed E-state index contributed by atoms with van der Waals surface area (Å²) in [6.07, 6.45) is 6.43. The quantitative estimate of drug-likeness (QED) is 0.925. The molecule has 0 aliphatic heterocycles. The van der Waals surface area contributed by atoms with E-state index in [1.807, 2.05) is 18.5 Å². The van der Waals surface area contributed by atoms with Crippen molar-refractivity contribution in [1.82, 2.24) is 9.55 Å². The first-order chi connectivity index (χ1) is 9.72. The predicted molar refractivity (Wildman–Crippen MR) is 79.7 cm³/mol. The van der Waals surface area contributed by atoms with Crippen molar-refractivity contribution >= 4 is 0 Å². The van der Waals surface area contributed by atoms with E-state index in [-0.39, 0.29) is 6.04 Å². The fourth-order valence-electron chi connectivity index (χ4n) is 3.38. The van der Waals surface area contributed by atoms with Crippen molar-refractivity contribution in [1.29, 1.82) is 0 Å². The van der Waals surface area contributed by atoms with Gasteiger partial charge in [0, 0.05) is 18.8 Å². The van der Waals surface area contributed by atoms with E-state index in [0.717, 1.165) is 30.7 Å². The van der Waals surface area contributed by atoms with E-state index in [9.17, 15) is 5.11 Å². The minimum Gasteiger partial charge on any atom is -0.386 e. The van der Waals surface area contributed by atoms with Crippen LogP contribution in [0.5, 0.6) is 0 Å².